The molecule has 3 aromatic rings. The molecule has 0 aliphatic carbocycles. The van der Waals surface area contributed by atoms with Gasteiger partial charge < -0.3 is 10.2 Å². The van der Waals surface area contributed by atoms with E-state index in [9.17, 15) is 13.6 Å². The van der Waals surface area contributed by atoms with Crippen molar-refractivity contribution in [2.75, 3.05) is 30.3 Å². The number of nitrogens with zero attached hydrogens (tertiary/aromatic N) is 5. The smallest absolute Gasteiger partial charge is 0.251 e. The lowest BCUT2D eigenvalue weighted by molar-refractivity contribution is 0.0951. The van der Waals surface area contributed by atoms with E-state index in [4.69, 9.17) is 9.97 Å². The van der Waals surface area contributed by atoms with Gasteiger partial charge in [-0.15, -0.1) is 0 Å². The van der Waals surface area contributed by atoms with Crippen molar-refractivity contribution in [1.82, 2.24) is 25.1 Å². The molecule has 4 rings (SSSR count). The maximum Gasteiger partial charge on any atom is 0.251 e. The van der Waals surface area contributed by atoms with Crippen molar-refractivity contribution in [3.63, 3.8) is 0 Å². The number of thioether (sulfide) groups is 1. The van der Waals surface area contributed by atoms with Crippen LogP contribution in [-0.4, -0.2) is 51.0 Å². The van der Waals surface area contributed by atoms with Gasteiger partial charge in [-0.25, -0.2) is 23.4 Å². The average Bonchev–Trinajstić information content (AvgIpc) is 3.44. The maximum absolute atomic E-state index is 13.4. The number of rotatable bonds is 8. The fourth-order valence-corrected chi connectivity index (χ4v) is 4.22. The van der Waals surface area contributed by atoms with Crippen LogP contribution in [0.5, 0.6) is 0 Å². The molecule has 10 heteroatoms. The normalized spacial score (nSPS) is 13.8. The van der Waals surface area contributed by atoms with E-state index in [1.165, 1.54) is 6.07 Å². The molecule has 0 atom stereocenters. The van der Waals surface area contributed by atoms with Crippen molar-refractivity contribution in [3.05, 3.63) is 41.6 Å². The molecule has 1 aromatic carbocycles. The first kappa shape index (κ1) is 21.5. The monoisotopic (exact) mass is 446 g/mol. The first-order valence-electron chi connectivity index (χ1n) is 10.4. The predicted molar refractivity (Wildman–Crippen MR) is 116 cm³/mol. The quantitative estimate of drug-likeness (QED) is 0.421. The fraction of sp³-hybridized carbons (Fsp3) is 0.429. The summed E-state index contributed by atoms with van der Waals surface area (Å²) >= 11 is 1.62. The Morgan fingerprint density at radius 2 is 2.00 bits per heavy atom. The number of aromatic nitrogens is 4. The minimum atomic E-state index is -1.05. The molecule has 7 nitrogen and oxygen atoms in total. The molecule has 1 fully saturated rings. The number of benzene rings is 1. The van der Waals surface area contributed by atoms with Crippen LogP contribution in [0.15, 0.2) is 29.6 Å². The van der Waals surface area contributed by atoms with Gasteiger partial charge in [0.25, 0.3) is 5.91 Å². The summed E-state index contributed by atoms with van der Waals surface area (Å²) < 4.78 is 28.2. The highest BCUT2D eigenvalue weighted by atomic mass is 32.2. The summed E-state index contributed by atoms with van der Waals surface area (Å²) in [4.78, 5) is 24.0. The number of nitrogens with one attached hydrogen (secondary N) is 1. The molecule has 0 unspecified atom stereocenters. The highest BCUT2D eigenvalue weighted by Gasteiger charge is 2.21. The van der Waals surface area contributed by atoms with Gasteiger partial charge >= 0.3 is 0 Å². The molecule has 3 heterocycles. The summed E-state index contributed by atoms with van der Waals surface area (Å²) in [5.74, 6) is -0.650. The Bertz CT molecular complexity index is 1080. The summed E-state index contributed by atoms with van der Waals surface area (Å²) in [6.07, 6.45) is 5.09. The number of halogens is 2. The van der Waals surface area contributed by atoms with Crippen molar-refractivity contribution in [3.8, 4) is 0 Å². The largest absolute Gasteiger partial charge is 0.356 e. The number of anilines is 1. The van der Waals surface area contributed by atoms with Gasteiger partial charge in [0.15, 0.2) is 22.4 Å². The standard InChI is InChI=1S/C21H24F2N6OS/c1-2-11-31-21-26-18(28-8-3-4-9-28)15-13-25-29(19(15)27-21)10-7-24-20(30)14-5-6-16(22)17(23)12-14/h5-6,12-13H,2-4,7-11H2,1H3,(H,24,30). The Balaban J connectivity index is 1.51. The Kier molecular flexibility index (Phi) is 6.64. The van der Waals surface area contributed by atoms with Crippen LogP contribution in [0.4, 0.5) is 14.6 Å². The van der Waals surface area contributed by atoms with E-state index >= 15 is 0 Å². The first-order chi connectivity index (χ1) is 15.1. The first-order valence-corrected chi connectivity index (χ1v) is 11.4. The third kappa shape index (κ3) is 4.79. The van der Waals surface area contributed by atoms with Crippen LogP contribution in [0.25, 0.3) is 11.0 Å². The minimum absolute atomic E-state index is 0.0705. The number of hydrogen-bond donors (Lipinski definition) is 1. The van der Waals surface area contributed by atoms with Crippen LogP contribution in [0, 0.1) is 11.6 Å². The number of amides is 1. The van der Waals surface area contributed by atoms with Crippen LogP contribution in [0.1, 0.15) is 36.5 Å². The van der Waals surface area contributed by atoms with Gasteiger partial charge in [0.2, 0.25) is 0 Å². The molecule has 1 amide bonds. The molecule has 0 bridgehead atoms. The minimum Gasteiger partial charge on any atom is -0.356 e. The lowest BCUT2D eigenvalue weighted by Crippen LogP contribution is -2.27. The SMILES string of the molecule is CCCSc1nc(N2CCCC2)c2cnn(CCNC(=O)c3ccc(F)c(F)c3)c2n1. The Hall–Kier alpha value is -2.75. The van der Waals surface area contributed by atoms with Gasteiger partial charge in [-0.1, -0.05) is 18.7 Å². The second-order valence-corrected chi connectivity index (χ2v) is 8.42. The predicted octanol–water partition coefficient (Wildman–Crippen LogP) is 3.64. The summed E-state index contributed by atoms with van der Waals surface area (Å²) in [6.45, 7) is 4.73. The van der Waals surface area contributed by atoms with Crippen molar-refractivity contribution >= 4 is 34.5 Å². The molecule has 31 heavy (non-hydrogen) atoms. The van der Waals surface area contributed by atoms with E-state index in [2.05, 4.69) is 22.2 Å². The van der Waals surface area contributed by atoms with Crippen LogP contribution in [0.2, 0.25) is 0 Å². The number of fused-ring (bicyclic) bond motifs is 1. The van der Waals surface area contributed by atoms with E-state index in [-0.39, 0.29) is 12.1 Å². The molecular weight excluding hydrogens is 422 g/mol. The Morgan fingerprint density at radius 3 is 2.74 bits per heavy atom. The molecule has 1 N–H and O–H groups in total. The maximum atomic E-state index is 13.4. The highest BCUT2D eigenvalue weighted by Crippen LogP contribution is 2.29. The van der Waals surface area contributed by atoms with Crippen LogP contribution in [-0.2, 0) is 6.54 Å². The van der Waals surface area contributed by atoms with Crippen LogP contribution >= 0.6 is 11.8 Å². The summed E-state index contributed by atoms with van der Waals surface area (Å²) in [7, 11) is 0. The van der Waals surface area contributed by atoms with Gasteiger partial charge in [0, 0.05) is 31.0 Å². The summed E-state index contributed by atoms with van der Waals surface area (Å²) in [5, 5.41) is 8.80. The van der Waals surface area contributed by atoms with E-state index in [0.29, 0.717) is 6.54 Å². The average molecular weight is 447 g/mol. The zero-order valence-corrected chi connectivity index (χ0v) is 18.1. The Morgan fingerprint density at radius 1 is 1.19 bits per heavy atom. The fourth-order valence-electron chi connectivity index (χ4n) is 3.53. The lowest BCUT2D eigenvalue weighted by atomic mass is 10.2. The van der Waals surface area contributed by atoms with Gasteiger partial charge in [-0.3, -0.25) is 4.79 Å². The van der Waals surface area contributed by atoms with E-state index < -0.39 is 17.5 Å². The van der Waals surface area contributed by atoms with Crippen molar-refractivity contribution in [2.45, 2.75) is 37.9 Å². The zero-order chi connectivity index (χ0) is 21.8. The highest BCUT2D eigenvalue weighted by molar-refractivity contribution is 7.99. The lowest BCUT2D eigenvalue weighted by Gasteiger charge is -2.18. The Labute approximate surface area is 183 Å². The van der Waals surface area contributed by atoms with Gasteiger partial charge in [0.1, 0.15) is 5.82 Å². The third-order valence-electron chi connectivity index (χ3n) is 5.09. The number of carbonyl (C=O) groups excluding carboxylic acids is 1. The molecule has 0 saturated carbocycles. The molecule has 0 spiro atoms. The molecule has 1 aliphatic rings. The van der Waals surface area contributed by atoms with E-state index in [0.717, 1.165) is 72.2 Å². The molecule has 2 aromatic heterocycles. The third-order valence-corrected chi connectivity index (χ3v) is 6.14. The van der Waals surface area contributed by atoms with Crippen LogP contribution < -0.4 is 10.2 Å². The van der Waals surface area contributed by atoms with Gasteiger partial charge in [0.05, 0.1) is 18.1 Å². The molecule has 164 valence electrons. The molecular formula is C21H24F2N6OS. The van der Waals surface area contributed by atoms with E-state index in [1.807, 2.05) is 0 Å². The second-order valence-electron chi connectivity index (χ2n) is 7.36. The summed E-state index contributed by atoms with van der Waals surface area (Å²) in [6, 6.07) is 3.09. The zero-order valence-electron chi connectivity index (χ0n) is 17.3. The molecule has 1 aliphatic heterocycles. The molecule has 1 saturated heterocycles. The van der Waals surface area contributed by atoms with Crippen molar-refractivity contribution in [1.29, 1.82) is 0 Å². The van der Waals surface area contributed by atoms with Crippen molar-refractivity contribution in [2.24, 2.45) is 0 Å². The van der Waals surface area contributed by atoms with Gasteiger partial charge in [-0.05, 0) is 37.5 Å². The number of hydrogen-bond acceptors (Lipinski definition) is 6. The van der Waals surface area contributed by atoms with Crippen molar-refractivity contribution < 1.29 is 13.6 Å². The van der Waals surface area contributed by atoms with Crippen LogP contribution in [0.3, 0.4) is 0 Å². The molecule has 0 radical (unpaired) electrons. The van der Waals surface area contributed by atoms with Gasteiger partial charge in [-0.2, -0.15) is 5.10 Å². The summed E-state index contributed by atoms with van der Waals surface area (Å²) in [5.41, 5.74) is 0.804. The van der Waals surface area contributed by atoms with E-state index in [1.54, 1.807) is 22.6 Å². The second kappa shape index (κ2) is 9.59. The topological polar surface area (TPSA) is 75.9 Å². The number of carbonyl (C=O) groups is 1.